The second-order valence-corrected chi connectivity index (χ2v) is 8.68. The number of nitrogens with zero attached hydrogens (tertiary/aromatic N) is 1. The monoisotopic (exact) mass is 525 g/mol. The largest absolute Gasteiger partial charge is 0.493 e. The fourth-order valence-corrected chi connectivity index (χ4v) is 4.08. The molecule has 4 aromatic carbocycles. The lowest BCUT2D eigenvalue weighted by molar-refractivity contribution is -0.123. The van der Waals surface area contributed by atoms with Gasteiger partial charge in [0.15, 0.2) is 11.5 Å². The van der Waals surface area contributed by atoms with Crippen LogP contribution in [0.2, 0.25) is 0 Å². The Bertz CT molecular complexity index is 1430. The lowest BCUT2D eigenvalue weighted by Gasteiger charge is -2.17. The highest BCUT2D eigenvalue weighted by atomic mass is 16.5. The Morgan fingerprint density at radius 3 is 2.49 bits per heavy atom. The predicted molar refractivity (Wildman–Crippen MR) is 151 cm³/mol. The number of hydrogen-bond donors (Lipinski definition) is 2. The van der Waals surface area contributed by atoms with Crippen LogP contribution in [-0.2, 0) is 22.6 Å². The summed E-state index contributed by atoms with van der Waals surface area (Å²) in [5.41, 5.74) is 5.16. The van der Waals surface area contributed by atoms with Gasteiger partial charge in [0, 0.05) is 6.42 Å². The molecule has 0 bridgehead atoms. The minimum absolute atomic E-state index is 0.202. The lowest BCUT2D eigenvalue weighted by Crippen LogP contribution is -2.47. The molecule has 39 heavy (non-hydrogen) atoms. The van der Waals surface area contributed by atoms with Crippen molar-refractivity contribution in [3.05, 3.63) is 108 Å². The van der Waals surface area contributed by atoms with Crippen LogP contribution in [0.4, 0.5) is 4.79 Å². The molecule has 0 fully saturated rings. The quantitative estimate of drug-likeness (QED) is 0.206. The van der Waals surface area contributed by atoms with Gasteiger partial charge in [-0.15, -0.1) is 0 Å². The fraction of sp³-hybridized carbons (Fsp3) is 0.194. The summed E-state index contributed by atoms with van der Waals surface area (Å²) in [6.07, 6.45) is 1.12. The number of rotatable bonds is 11. The number of hydrazone groups is 1. The third-order valence-electron chi connectivity index (χ3n) is 6.01. The van der Waals surface area contributed by atoms with Gasteiger partial charge in [0.1, 0.15) is 12.6 Å². The third kappa shape index (κ3) is 7.58. The van der Waals surface area contributed by atoms with Crippen molar-refractivity contribution >= 4 is 29.0 Å². The molecule has 0 heterocycles. The van der Waals surface area contributed by atoms with Gasteiger partial charge in [-0.25, -0.2) is 10.2 Å². The molecule has 4 aromatic rings. The molecule has 0 aliphatic rings. The number of hydrogen-bond acceptors (Lipinski definition) is 6. The number of benzene rings is 4. The minimum atomic E-state index is -0.858. The van der Waals surface area contributed by atoms with Gasteiger partial charge in [0.05, 0.1) is 19.9 Å². The number of methoxy groups -OCH3 is 1. The summed E-state index contributed by atoms with van der Waals surface area (Å²) in [5.74, 6) is 0.662. The highest BCUT2D eigenvalue weighted by Crippen LogP contribution is 2.29. The molecule has 200 valence electrons. The van der Waals surface area contributed by atoms with E-state index in [2.05, 4.69) is 34.0 Å². The molecule has 0 saturated heterocycles. The van der Waals surface area contributed by atoms with Crippen LogP contribution in [0.1, 0.15) is 23.6 Å². The zero-order chi connectivity index (χ0) is 27.5. The Hall–Kier alpha value is -4.85. The van der Waals surface area contributed by atoms with E-state index in [-0.39, 0.29) is 13.0 Å². The Morgan fingerprint density at radius 1 is 0.923 bits per heavy atom. The number of carbonyl (C=O) groups excluding carboxylic acids is 2. The van der Waals surface area contributed by atoms with Gasteiger partial charge in [0.25, 0.3) is 5.91 Å². The van der Waals surface area contributed by atoms with Crippen molar-refractivity contribution in [1.82, 2.24) is 10.7 Å². The van der Waals surface area contributed by atoms with E-state index in [4.69, 9.17) is 14.2 Å². The molecule has 0 radical (unpaired) electrons. The van der Waals surface area contributed by atoms with Crippen LogP contribution in [0, 0.1) is 0 Å². The molecule has 8 nitrogen and oxygen atoms in total. The topological polar surface area (TPSA) is 98.2 Å². The summed E-state index contributed by atoms with van der Waals surface area (Å²) in [4.78, 5) is 24.8. The Kier molecular flexibility index (Phi) is 9.50. The first-order chi connectivity index (χ1) is 19.1. The Labute approximate surface area is 227 Å². The molecule has 4 rings (SSSR count). The van der Waals surface area contributed by atoms with Gasteiger partial charge < -0.3 is 19.5 Å². The summed E-state index contributed by atoms with van der Waals surface area (Å²) in [5, 5.41) is 8.97. The average molecular weight is 526 g/mol. The van der Waals surface area contributed by atoms with E-state index in [1.165, 1.54) is 6.21 Å². The average Bonchev–Trinajstić information content (AvgIpc) is 2.96. The summed E-state index contributed by atoms with van der Waals surface area (Å²) in [6.45, 7) is 2.29. The zero-order valence-corrected chi connectivity index (χ0v) is 21.9. The van der Waals surface area contributed by atoms with Crippen LogP contribution in [-0.4, -0.2) is 38.0 Å². The first-order valence-electron chi connectivity index (χ1n) is 12.6. The molecule has 2 amide bonds. The van der Waals surface area contributed by atoms with E-state index in [0.29, 0.717) is 23.7 Å². The molecule has 1 atom stereocenters. The van der Waals surface area contributed by atoms with E-state index < -0.39 is 18.0 Å². The summed E-state index contributed by atoms with van der Waals surface area (Å²) in [7, 11) is 1.57. The minimum Gasteiger partial charge on any atom is -0.493 e. The lowest BCUT2D eigenvalue weighted by atomic mass is 10.1. The van der Waals surface area contributed by atoms with Crippen LogP contribution in [0.3, 0.4) is 0 Å². The Morgan fingerprint density at radius 2 is 1.69 bits per heavy atom. The number of nitrogens with one attached hydrogen (secondary N) is 2. The van der Waals surface area contributed by atoms with Gasteiger partial charge in [-0.2, -0.15) is 5.10 Å². The fourth-order valence-electron chi connectivity index (χ4n) is 4.08. The second kappa shape index (κ2) is 13.6. The zero-order valence-electron chi connectivity index (χ0n) is 21.9. The molecule has 0 saturated carbocycles. The van der Waals surface area contributed by atoms with Crippen molar-refractivity contribution in [2.45, 2.75) is 26.0 Å². The number of carbonyl (C=O) groups is 2. The van der Waals surface area contributed by atoms with Crippen molar-refractivity contribution in [3.8, 4) is 11.5 Å². The second-order valence-electron chi connectivity index (χ2n) is 8.68. The molecule has 0 aliphatic carbocycles. The smallest absolute Gasteiger partial charge is 0.407 e. The highest BCUT2D eigenvalue weighted by molar-refractivity contribution is 5.88. The maximum Gasteiger partial charge on any atom is 0.407 e. The number of ether oxygens (including phenoxy) is 3. The molecule has 0 aliphatic heterocycles. The van der Waals surface area contributed by atoms with Crippen LogP contribution in [0.5, 0.6) is 11.5 Å². The standard InChI is InChI=1S/C31H31N3O5/c1-3-38-31(36)33-27(18-22-10-5-4-6-11-22)30(35)34-32-20-23-16-17-28(29(19-23)37-2)39-21-25-14-9-13-24-12-7-8-15-26(24)25/h4-17,19-20,27H,3,18,21H2,1-2H3,(H,33,36)(H,34,35)/b32-20-/t27-/m1/s1. The number of alkyl carbamates (subject to hydrolysis) is 1. The van der Waals surface area contributed by atoms with E-state index in [1.807, 2.05) is 60.7 Å². The van der Waals surface area contributed by atoms with Gasteiger partial charge in [-0.3, -0.25) is 4.79 Å². The first kappa shape index (κ1) is 27.2. The maximum absolute atomic E-state index is 12.8. The van der Waals surface area contributed by atoms with E-state index >= 15 is 0 Å². The normalized spacial score (nSPS) is 11.6. The summed E-state index contributed by atoms with van der Waals surface area (Å²) >= 11 is 0. The number of amides is 2. The van der Waals surface area contributed by atoms with Crippen molar-refractivity contribution in [2.75, 3.05) is 13.7 Å². The Balaban J connectivity index is 1.40. The van der Waals surface area contributed by atoms with Crippen molar-refractivity contribution in [2.24, 2.45) is 5.10 Å². The number of fused-ring (bicyclic) bond motifs is 1. The van der Waals surface area contributed by atoms with E-state index in [1.54, 1.807) is 26.2 Å². The van der Waals surface area contributed by atoms with Crippen LogP contribution >= 0.6 is 0 Å². The molecule has 0 unspecified atom stereocenters. The molecule has 2 N–H and O–H groups in total. The molecule has 0 aromatic heterocycles. The molecule has 0 spiro atoms. The predicted octanol–water partition coefficient (Wildman–Crippen LogP) is 5.23. The van der Waals surface area contributed by atoms with Crippen molar-refractivity contribution in [1.29, 1.82) is 0 Å². The summed E-state index contributed by atoms with van der Waals surface area (Å²) < 4.78 is 16.5. The molecular formula is C31H31N3O5. The first-order valence-corrected chi connectivity index (χ1v) is 12.6. The highest BCUT2D eigenvalue weighted by Gasteiger charge is 2.21. The summed E-state index contributed by atoms with van der Waals surface area (Å²) in [6, 6.07) is 28.2. The molecular weight excluding hydrogens is 494 g/mol. The van der Waals surface area contributed by atoms with Crippen molar-refractivity contribution in [3.63, 3.8) is 0 Å². The van der Waals surface area contributed by atoms with Gasteiger partial charge in [-0.1, -0.05) is 72.8 Å². The third-order valence-corrected chi connectivity index (χ3v) is 6.01. The van der Waals surface area contributed by atoms with E-state index in [9.17, 15) is 9.59 Å². The van der Waals surface area contributed by atoms with Gasteiger partial charge in [-0.05, 0) is 52.6 Å². The molecule has 8 heteroatoms. The van der Waals surface area contributed by atoms with E-state index in [0.717, 1.165) is 21.9 Å². The van der Waals surface area contributed by atoms with Crippen LogP contribution in [0.25, 0.3) is 10.8 Å². The van der Waals surface area contributed by atoms with Crippen LogP contribution < -0.4 is 20.2 Å². The van der Waals surface area contributed by atoms with Crippen molar-refractivity contribution < 1.29 is 23.8 Å². The SMILES string of the molecule is CCOC(=O)N[C@H](Cc1ccccc1)C(=O)N/N=C\c1ccc(OCc2cccc3ccccc23)c(OC)c1. The van der Waals surface area contributed by atoms with Crippen LogP contribution in [0.15, 0.2) is 96.1 Å². The van der Waals surface area contributed by atoms with Gasteiger partial charge in [0.2, 0.25) is 0 Å². The van der Waals surface area contributed by atoms with Gasteiger partial charge >= 0.3 is 6.09 Å². The maximum atomic E-state index is 12.8.